The summed E-state index contributed by atoms with van der Waals surface area (Å²) in [4.78, 5) is 2.64. The Bertz CT molecular complexity index is 290. The number of hydrogen-bond donors (Lipinski definition) is 0. The van der Waals surface area contributed by atoms with E-state index in [-0.39, 0.29) is 0 Å². The van der Waals surface area contributed by atoms with E-state index in [4.69, 9.17) is 0 Å². The molecule has 1 aliphatic carbocycles. The van der Waals surface area contributed by atoms with E-state index < -0.39 is 0 Å². The first kappa shape index (κ1) is 11.7. The highest BCUT2D eigenvalue weighted by Gasteiger charge is 2.23. The Morgan fingerprint density at radius 3 is 2.50 bits per heavy atom. The van der Waals surface area contributed by atoms with Gasteiger partial charge >= 0.3 is 0 Å². The third-order valence-corrected chi connectivity index (χ3v) is 3.31. The average Bonchev–Trinajstić information content (AvgIpc) is 3.12. The van der Waals surface area contributed by atoms with Crippen molar-refractivity contribution in [3.05, 3.63) is 35.9 Å². The minimum absolute atomic E-state index is 1.02. The highest BCUT2D eigenvalue weighted by Crippen LogP contribution is 2.29. The van der Waals surface area contributed by atoms with Crippen LogP contribution in [0.1, 0.15) is 31.7 Å². The maximum atomic E-state index is 2.64. The molecule has 1 fully saturated rings. The highest BCUT2D eigenvalue weighted by atomic mass is 15.1. The molecular weight excluding hydrogens is 194 g/mol. The lowest BCUT2D eigenvalue weighted by Crippen LogP contribution is -2.29. The van der Waals surface area contributed by atoms with Crippen molar-refractivity contribution in [1.29, 1.82) is 0 Å². The summed E-state index contributed by atoms with van der Waals surface area (Å²) in [5.74, 6) is 1.02. The second-order valence-electron chi connectivity index (χ2n) is 4.98. The van der Waals surface area contributed by atoms with E-state index in [0.717, 1.165) is 5.92 Å². The fourth-order valence-electron chi connectivity index (χ4n) is 2.21. The molecule has 0 aromatic heterocycles. The minimum atomic E-state index is 1.02. The third kappa shape index (κ3) is 3.97. The molecule has 0 radical (unpaired) electrons. The normalized spacial score (nSPS) is 15.6. The predicted molar refractivity (Wildman–Crippen MR) is 69.6 cm³/mol. The summed E-state index contributed by atoms with van der Waals surface area (Å²) < 4.78 is 0. The van der Waals surface area contributed by atoms with E-state index in [1.54, 1.807) is 0 Å². The van der Waals surface area contributed by atoms with E-state index in [9.17, 15) is 0 Å². The van der Waals surface area contributed by atoms with Crippen molar-refractivity contribution >= 4 is 0 Å². The maximum absolute atomic E-state index is 2.64. The molecule has 1 aromatic carbocycles. The molecule has 0 unspecified atom stereocenters. The Morgan fingerprint density at radius 2 is 1.88 bits per heavy atom. The van der Waals surface area contributed by atoms with Gasteiger partial charge in [-0.3, -0.25) is 0 Å². The first-order chi connectivity index (χ1) is 7.88. The molecule has 0 spiro atoms. The third-order valence-electron chi connectivity index (χ3n) is 3.31. The molecule has 1 nitrogen and oxygen atoms in total. The lowest BCUT2D eigenvalue weighted by molar-refractivity contribution is 0.266. The fourth-order valence-corrected chi connectivity index (χ4v) is 2.21. The SMILES string of the molecule is CCCN(CCc1ccccc1)CC1CC1. The number of hydrogen-bond acceptors (Lipinski definition) is 1. The van der Waals surface area contributed by atoms with Crippen LogP contribution in [0.5, 0.6) is 0 Å². The summed E-state index contributed by atoms with van der Waals surface area (Å²) in [6, 6.07) is 10.8. The van der Waals surface area contributed by atoms with Crippen LogP contribution in [0.25, 0.3) is 0 Å². The lowest BCUT2D eigenvalue weighted by Gasteiger charge is -2.21. The summed E-state index contributed by atoms with van der Waals surface area (Å²) in [7, 11) is 0. The van der Waals surface area contributed by atoms with Crippen molar-refractivity contribution in [2.45, 2.75) is 32.6 Å². The van der Waals surface area contributed by atoms with Gasteiger partial charge in [-0.15, -0.1) is 0 Å². The summed E-state index contributed by atoms with van der Waals surface area (Å²) in [6.45, 7) is 6.11. The van der Waals surface area contributed by atoms with E-state index >= 15 is 0 Å². The molecule has 0 aliphatic heterocycles. The highest BCUT2D eigenvalue weighted by molar-refractivity contribution is 5.14. The standard InChI is InChI=1S/C15H23N/c1-2-11-16(13-15-8-9-15)12-10-14-6-4-3-5-7-14/h3-7,15H,2,8-13H2,1H3. The second-order valence-corrected chi connectivity index (χ2v) is 4.98. The zero-order valence-electron chi connectivity index (χ0n) is 10.4. The van der Waals surface area contributed by atoms with Crippen LogP contribution in [0.4, 0.5) is 0 Å². The molecule has 0 heterocycles. The summed E-state index contributed by atoms with van der Waals surface area (Å²) in [5, 5.41) is 0. The van der Waals surface area contributed by atoms with Crippen LogP contribution in [-0.4, -0.2) is 24.5 Å². The van der Waals surface area contributed by atoms with Crippen molar-refractivity contribution in [3.8, 4) is 0 Å². The van der Waals surface area contributed by atoms with Gasteiger partial charge in [0.25, 0.3) is 0 Å². The molecule has 88 valence electrons. The largest absolute Gasteiger partial charge is 0.303 e. The van der Waals surface area contributed by atoms with Crippen molar-refractivity contribution in [2.75, 3.05) is 19.6 Å². The number of rotatable bonds is 7. The quantitative estimate of drug-likeness (QED) is 0.677. The van der Waals surface area contributed by atoms with Crippen molar-refractivity contribution in [3.63, 3.8) is 0 Å². The maximum Gasteiger partial charge on any atom is 0.00219 e. The van der Waals surface area contributed by atoms with E-state index in [1.807, 2.05) is 0 Å². The second kappa shape index (κ2) is 6.05. The molecule has 16 heavy (non-hydrogen) atoms. The van der Waals surface area contributed by atoms with Crippen molar-refractivity contribution < 1.29 is 0 Å². The van der Waals surface area contributed by atoms with Crippen molar-refractivity contribution in [1.82, 2.24) is 4.90 Å². The monoisotopic (exact) mass is 217 g/mol. The molecule has 1 heteroatoms. The summed E-state index contributed by atoms with van der Waals surface area (Å²) in [5.41, 5.74) is 1.47. The van der Waals surface area contributed by atoms with E-state index in [2.05, 4.69) is 42.2 Å². The molecule has 2 rings (SSSR count). The van der Waals surface area contributed by atoms with Crippen LogP contribution in [0.3, 0.4) is 0 Å². The molecule has 0 bridgehead atoms. The Hall–Kier alpha value is -0.820. The lowest BCUT2D eigenvalue weighted by atomic mass is 10.1. The fraction of sp³-hybridized carbons (Fsp3) is 0.600. The average molecular weight is 217 g/mol. The molecular formula is C15H23N. The zero-order chi connectivity index (χ0) is 11.2. The Labute approximate surface area is 99.5 Å². The van der Waals surface area contributed by atoms with Crippen LogP contribution in [0.15, 0.2) is 30.3 Å². The van der Waals surface area contributed by atoms with Gasteiger partial charge in [-0.25, -0.2) is 0 Å². The Morgan fingerprint density at radius 1 is 1.12 bits per heavy atom. The molecule has 1 aliphatic rings. The van der Waals surface area contributed by atoms with Gasteiger partial charge in [0.05, 0.1) is 0 Å². The summed E-state index contributed by atoms with van der Waals surface area (Å²) >= 11 is 0. The molecule has 0 amide bonds. The van der Waals surface area contributed by atoms with Gasteiger partial charge in [-0.2, -0.15) is 0 Å². The molecule has 1 saturated carbocycles. The Kier molecular flexibility index (Phi) is 4.41. The Balaban J connectivity index is 1.76. The van der Waals surface area contributed by atoms with Crippen LogP contribution >= 0.6 is 0 Å². The zero-order valence-corrected chi connectivity index (χ0v) is 10.4. The van der Waals surface area contributed by atoms with Gasteiger partial charge in [-0.05, 0) is 43.7 Å². The number of nitrogens with zero attached hydrogens (tertiary/aromatic N) is 1. The predicted octanol–water partition coefficient (Wildman–Crippen LogP) is 3.35. The van der Waals surface area contributed by atoms with Crippen LogP contribution < -0.4 is 0 Å². The summed E-state index contributed by atoms with van der Waals surface area (Å²) in [6.07, 6.45) is 5.41. The minimum Gasteiger partial charge on any atom is -0.303 e. The molecule has 0 N–H and O–H groups in total. The van der Waals surface area contributed by atoms with Crippen LogP contribution in [-0.2, 0) is 6.42 Å². The first-order valence-electron chi connectivity index (χ1n) is 6.64. The van der Waals surface area contributed by atoms with Crippen LogP contribution in [0, 0.1) is 5.92 Å². The smallest absolute Gasteiger partial charge is 0.00219 e. The van der Waals surface area contributed by atoms with Crippen molar-refractivity contribution in [2.24, 2.45) is 5.92 Å². The van der Waals surface area contributed by atoms with Gasteiger partial charge in [0, 0.05) is 13.1 Å². The first-order valence-corrected chi connectivity index (χ1v) is 6.64. The van der Waals surface area contributed by atoms with Gasteiger partial charge in [0.2, 0.25) is 0 Å². The van der Waals surface area contributed by atoms with Crippen LogP contribution in [0.2, 0.25) is 0 Å². The van der Waals surface area contributed by atoms with Gasteiger partial charge < -0.3 is 4.90 Å². The number of benzene rings is 1. The van der Waals surface area contributed by atoms with Gasteiger partial charge in [0.1, 0.15) is 0 Å². The molecule has 0 atom stereocenters. The molecule has 1 aromatic rings. The van der Waals surface area contributed by atoms with Gasteiger partial charge in [-0.1, -0.05) is 37.3 Å². The molecule has 0 saturated heterocycles. The van der Waals surface area contributed by atoms with E-state index in [1.165, 1.54) is 50.9 Å². The van der Waals surface area contributed by atoms with E-state index in [0.29, 0.717) is 0 Å². The van der Waals surface area contributed by atoms with Gasteiger partial charge in [0.15, 0.2) is 0 Å². The topological polar surface area (TPSA) is 3.24 Å².